The number of rotatable bonds is 4. The molecule has 1 aliphatic rings. The van der Waals surface area contributed by atoms with Crippen LogP contribution in [0.25, 0.3) is 0 Å². The number of nitrogens with one attached hydrogen (secondary N) is 1. The van der Waals surface area contributed by atoms with Crippen molar-refractivity contribution in [3.63, 3.8) is 0 Å². The van der Waals surface area contributed by atoms with Crippen molar-refractivity contribution in [3.8, 4) is 0 Å². The Labute approximate surface area is 153 Å². The van der Waals surface area contributed by atoms with Gasteiger partial charge < -0.3 is 11.1 Å². The van der Waals surface area contributed by atoms with E-state index in [-0.39, 0.29) is 23.0 Å². The van der Waals surface area contributed by atoms with Gasteiger partial charge in [0.2, 0.25) is 0 Å². The number of aliphatic imine (C=N–C) groups is 1. The lowest BCUT2D eigenvalue weighted by molar-refractivity contribution is 0.597. The van der Waals surface area contributed by atoms with Crippen molar-refractivity contribution in [2.75, 3.05) is 11.6 Å². The van der Waals surface area contributed by atoms with Crippen LogP contribution in [0.15, 0.2) is 46.3 Å². The van der Waals surface area contributed by atoms with Gasteiger partial charge in [-0.15, -0.1) is 0 Å². The van der Waals surface area contributed by atoms with Crippen molar-refractivity contribution in [2.24, 2.45) is 10.7 Å². The van der Waals surface area contributed by atoms with Crippen LogP contribution >= 0.6 is 0 Å². The topological polar surface area (TPSA) is 84.5 Å². The van der Waals surface area contributed by atoms with Gasteiger partial charge in [-0.25, -0.2) is 17.8 Å². The van der Waals surface area contributed by atoms with E-state index in [1.807, 2.05) is 12.1 Å². The average molecular weight is 375 g/mol. The third-order valence-electron chi connectivity index (χ3n) is 4.52. The van der Waals surface area contributed by atoms with E-state index < -0.39 is 15.7 Å². The maximum absolute atomic E-state index is 13.9. The number of nitrogens with zero attached hydrogens (tertiary/aromatic N) is 1. The number of fused-ring (bicyclic) bond motifs is 1. The minimum Gasteiger partial charge on any atom is -0.370 e. The fourth-order valence-corrected chi connectivity index (χ4v) is 3.82. The number of sulfone groups is 1. The zero-order valence-corrected chi connectivity index (χ0v) is 15.4. The molecular weight excluding hydrogens is 353 g/mol. The van der Waals surface area contributed by atoms with Crippen molar-refractivity contribution in [3.05, 3.63) is 58.9 Å². The fourth-order valence-electron chi connectivity index (χ4n) is 3.15. The van der Waals surface area contributed by atoms with Gasteiger partial charge in [0.05, 0.1) is 11.4 Å². The molecule has 26 heavy (non-hydrogen) atoms. The van der Waals surface area contributed by atoms with Gasteiger partial charge in [-0.2, -0.15) is 0 Å². The van der Waals surface area contributed by atoms with Gasteiger partial charge in [-0.1, -0.05) is 12.1 Å². The van der Waals surface area contributed by atoms with Crippen LogP contribution < -0.4 is 11.1 Å². The van der Waals surface area contributed by atoms with E-state index in [1.165, 1.54) is 29.7 Å². The molecule has 0 bridgehead atoms. The van der Waals surface area contributed by atoms with Crippen molar-refractivity contribution in [1.82, 2.24) is 0 Å². The molecule has 0 saturated heterocycles. The van der Waals surface area contributed by atoms with Gasteiger partial charge in [-0.05, 0) is 61.1 Å². The number of anilines is 1. The monoisotopic (exact) mass is 375 g/mol. The Balaban J connectivity index is 1.78. The molecule has 0 aromatic heterocycles. The zero-order chi connectivity index (χ0) is 18.7. The summed E-state index contributed by atoms with van der Waals surface area (Å²) in [5, 5.41) is 3.09. The molecule has 0 fully saturated rings. The van der Waals surface area contributed by atoms with Crippen LogP contribution in [0.5, 0.6) is 0 Å². The number of hydrogen-bond donors (Lipinski definition) is 2. The second-order valence-corrected chi connectivity index (χ2v) is 8.52. The quantitative estimate of drug-likeness (QED) is 0.489. The Morgan fingerprint density at radius 2 is 2.00 bits per heavy atom. The predicted molar refractivity (Wildman–Crippen MR) is 102 cm³/mol. The molecule has 0 atom stereocenters. The molecular formula is C19H22FN3O2S. The summed E-state index contributed by atoms with van der Waals surface area (Å²) >= 11 is 0. The van der Waals surface area contributed by atoms with Crippen LogP contribution in [0.4, 0.5) is 10.1 Å². The zero-order valence-electron chi connectivity index (χ0n) is 14.6. The van der Waals surface area contributed by atoms with Crippen LogP contribution in [-0.4, -0.2) is 20.6 Å². The highest BCUT2D eigenvalue weighted by atomic mass is 32.2. The molecule has 0 heterocycles. The van der Waals surface area contributed by atoms with Gasteiger partial charge >= 0.3 is 0 Å². The maximum Gasteiger partial charge on any atom is 0.193 e. The average Bonchev–Trinajstić information content (AvgIpc) is 2.60. The van der Waals surface area contributed by atoms with Crippen LogP contribution in [-0.2, 0) is 29.2 Å². The molecule has 2 aromatic carbocycles. The number of nitrogens with two attached hydrogens (primary N) is 1. The summed E-state index contributed by atoms with van der Waals surface area (Å²) in [5.74, 6) is -0.334. The summed E-state index contributed by atoms with van der Waals surface area (Å²) in [6, 6.07) is 9.74. The highest BCUT2D eigenvalue weighted by Crippen LogP contribution is 2.27. The normalized spacial score (nSPS) is 14.8. The largest absolute Gasteiger partial charge is 0.370 e. The summed E-state index contributed by atoms with van der Waals surface area (Å²) in [4.78, 5) is 4.23. The van der Waals surface area contributed by atoms with E-state index >= 15 is 0 Å². The van der Waals surface area contributed by atoms with Crippen LogP contribution in [0, 0.1) is 5.82 Å². The lowest BCUT2D eigenvalue weighted by atomic mass is 9.90. The molecule has 0 radical (unpaired) electrons. The Hall–Kier alpha value is -2.41. The first-order chi connectivity index (χ1) is 12.3. The molecule has 5 nitrogen and oxygen atoms in total. The number of aryl methyl sites for hydroxylation is 1. The van der Waals surface area contributed by atoms with E-state index in [0.717, 1.165) is 37.3 Å². The van der Waals surface area contributed by atoms with Gasteiger partial charge in [0.15, 0.2) is 15.8 Å². The number of hydrogen-bond acceptors (Lipinski definition) is 3. The van der Waals surface area contributed by atoms with E-state index in [9.17, 15) is 12.8 Å². The third-order valence-corrected chi connectivity index (χ3v) is 5.63. The van der Waals surface area contributed by atoms with E-state index in [0.29, 0.717) is 0 Å². The second kappa shape index (κ2) is 7.45. The first kappa shape index (κ1) is 18.4. The number of benzene rings is 2. The maximum atomic E-state index is 13.9. The molecule has 0 aliphatic heterocycles. The molecule has 0 unspecified atom stereocenters. The minimum atomic E-state index is -3.40. The van der Waals surface area contributed by atoms with Crippen molar-refractivity contribution in [1.29, 1.82) is 0 Å². The molecule has 0 saturated carbocycles. The van der Waals surface area contributed by atoms with Crippen LogP contribution in [0.3, 0.4) is 0 Å². The smallest absolute Gasteiger partial charge is 0.193 e. The summed E-state index contributed by atoms with van der Waals surface area (Å²) in [6.07, 6.45) is 5.48. The molecule has 3 rings (SSSR count). The molecule has 2 aromatic rings. The summed E-state index contributed by atoms with van der Waals surface area (Å²) in [6.45, 7) is -0.0386. The fraction of sp³-hybridized carbons (Fsp3) is 0.316. The summed E-state index contributed by atoms with van der Waals surface area (Å²) < 4.78 is 37.2. The van der Waals surface area contributed by atoms with Crippen LogP contribution in [0.2, 0.25) is 0 Å². The Morgan fingerprint density at radius 3 is 2.77 bits per heavy atom. The van der Waals surface area contributed by atoms with Gasteiger partial charge in [-0.3, -0.25) is 0 Å². The highest BCUT2D eigenvalue weighted by Gasteiger charge is 2.14. The van der Waals surface area contributed by atoms with E-state index in [4.69, 9.17) is 5.73 Å². The summed E-state index contributed by atoms with van der Waals surface area (Å²) in [7, 11) is -3.40. The van der Waals surface area contributed by atoms with E-state index in [2.05, 4.69) is 16.4 Å². The van der Waals surface area contributed by atoms with E-state index in [1.54, 1.807) is 0 Å². The van der Waals surface area contributed by atoms with Crippen molar-refractivity contribution < 1.29 is 12.8 Å². The Kier molecular flexibility index (Phi) is 5.27. The Bertz CT molecular complexity index is 955. The molecule has 0 amide bonds. The van der Waals surface area contributed by atoms with Gasteiger partial charge in [0.1, 0.15) is 5.82 Å². The Morgan fingerprint density at radius 1 is 1.23 bits per heavy atom. The summed E-state index contributed by atoms with van der Waals surface area (Å²) in [5.41, 5.74) is 9.64. The molecule has 0 spiro atoms. The van der Waals surface area contributed by atoms with Crippen LogP contribution in [0.1, 0.15) is 29.5 Å². The standard InChI is InChI=1S/C19H22FN3O2S/c1-26(24,25)15-9-10-17(20)14(11-15)12-22-19(21)23-18-8-4-6-13-5-2-3-7-16(13)18/h4,6,8-11H,2-3,5,7,12H2,1H3,(H3,21,22,23). The second-order valence-electron chi connectivity index (χ2n) is 6.50. The lowest BCUT2D eigenvalue weighted by Crippen LogP contribution is -2.24. The molecule has 138 valence electrons. The van der Waals surface area contributed by atoms with Gasteiger partial charge in [0, 0.05) is 17.5 Å². The van der Waals surface area contributed by atoms with Crippen molar-refractivity contribution >= 4 is 21.5 Å². The minimum absolute atomic E-state index is 0.0386. The third kappa shape index (κ3) is 4.22. The van der Waals surface area contributed by atoms with Gasteiger partial charge in [0.25, 0.3) is 0 Å². The SMILES string of the molecule is CS(=O)(=O)c1ccc(F)c(CN=C(N)Nc2cccc3c2CCCC3)c1. The molecule has 1 aliphatic carbocycles. The predicted octanol–water partition coefficient (Wildman–Crippen LogP) is 3.03. The lowest BCUT2D eigenvalue weighted by Gasteiger charge is -2.19. The molecule has 3 N–H and O–H groups in total. The first-order valence-corrected chi connectivity index (χ1v) is 10.4. The number of guanidine groups is 1. The first-order valence-electron chi connectivity index (χ1n) is 8.51. The highest BCUT2D eigenvalue weighted by molar-refractivity contribution is 7.90. The number of halogens is 1. The molecule has 7 heteroatoms. The van der Waals surface area contributed by atoms with Crippen molar-refractivity contribution in [2.45, 2.75) is 37.1 Å².